The third-order valence-electron chi connectivity index (χ3n) is 3.08. The van der Waals surface area contributed by atoms with Crippen LogP contribution < -0.4 is 5.32 Å². The van der Waals surface area contributed by atoms with Crippen LogP contribution in [0.3, 0.4) is 0 Å². The van der Waals surface area contributed by atoms with Crippen molar-refractivity contribution >= 4 is 6.09 Å². The van der Waals surface area contributed by atoms with E-state index in [0.717, 1.165) is 32.4 Å². The van der Waals surface area contributed by atoms with Crippen molar-refractivity contribution in [2.45, 2.75) is 38.3 Å². The van der Waals surface area contributed by atoms with Crippen molar-refractivity contribution in [2.75, 3.05) is 19.7 Å². The molecule has 80 valence electrons. The van der Waals surface area contributed by atoms with Crippen LogP contribution in [0.2, 0.25) is 0 Å². The van der Waals surface area contributed by atoms with Gasteiger partial charge in [-0.15, -0.1) is 0 Å². The molecular weight excluding hydrogens is 180 g/mol. The summed E-state index contributed by atoms with van der Waals surface area (Å²) in [6.45, 7) is 4.55. The van der Waals surface area contributed by atoms with Gasteiger partial charge in [-0.25, -0.2) is 4.79 Å². The highest BCUT2D eigenvalue weighted by molar-refractivity contribution is 5.68. The predicted molar refractivity (Wildman–Crippen MR) is 53.2 cm³/mol. The molecule has 0 radical (unpaired) electrons. The number of amides is 1. The summed E-state index contributed by atoms with van der Waals surface area (Å²) < 4.78 is 5.03. The van der Waals surface area contributed by atoms with Gasteiger partial charge < -0.3 is 15.0 Å². The number of rotatable bonds is 1. The first kappa shape index (κ1) is 9.77. The fraction of sp³-hybridized carbons (Fsp3) is 0.900. The summed E-state index contributed by atoms with van der Waals surface area (Å²) in [6, 6.07) is 0.936. The maximum absolute atomic E-state index is 11.5. The molecule has 0 bridgehead atoms. The lowest BCUT2D eigenvalue weighted by molar-refractivity contribution is 0.0476. The number of ether oxygens (including phenoxy) is 1. The molecule has 2 rings (SSSR count). The highest BCUT2D eigenvalue weighted by Crippen LogP contribution is 2.17. The molecule has 2 fully saturated rings. The summed E-state index contributed by atoms with van der Waals surface area (Å²) in [7, 11) is 0. The second kappa shape index (κ2) is 4.17. The zero-order valence-electron chi connectivity index (χ0n) is 8.66. The summed E-state index contributed by atoms with van der Waals surface area (Å²) in [5.74, 6) is 0. The Morgan fingerprint density at radius 3 is 3.00 bits per heavy atom. The Morgan fingerprint density at radius 2 is 2.36 bits per heavy atom. The van der Waals surface area contributed by atoms with E-state index in [4.69, 9.17) is 4.74 Å². The first-order valence-electron chi connectivity index (χ1n) is 5.44. The third kappa shape index (κ3) is 2.00. The molecule has 1 N–H and O–H groups in total. The maximum atomic E-state index is 11.5. The molecule has 0 saturated carbocycles. The van der Waals surface area contributed by atoms with Gasteiger partial charge >= 0.3 is 6.09 Å². The second-order valence-electron chi connectivity index (χ2n) is 4.20. The van der Waals surface area contributed by atoms with E-state index in [1.54, 1.807) is 0 Å². The summed E-state index contributed by atoms with van der Waals surface area (Å²) in [5.41, 5.74) is 0. The largest absolute Gasteiger partial charge is 0.449 e. The zero-order valence-corrected chi connectivity index (χ0v) is 8.66. The molecule has 2 heterocycles. The third-order valence-corrected chi connectivity index (χ3v) is 3.08. The van der Waals surface area contributed by atoms with E-state index in [1.165, 1.54) is 0 Å². The average Bonchev–Trinajstić information content (AvgIpc) is 2.20. The minimum absolute atomic E-state index is 0.127. The van der Waals surface area contributed by atoms with Gasteiger partial charge in [0.15, 0.2) is 0 Å². The van der Waals surface area contributed by atoms with Crippen LogP contribution in [0.1, 0.15) is 26.2 Å². The van der Waals surface area contributed by atoms with E-state index in [9.17, 15) is 4.79 Å². The Balaban J connectivity index is 1.90. The van der Waals surface area contributed by atoms with E-state index >= 15 is 0 Å². The molecule has 4 nitrogen and oxygen atoms in total. The van der Waals surface area contributed by atoms with E-state index in [2.05, 4.69) is 12.2 Å². The van der Waals surface area contributed by atoms with Crippen LogP contribution in [0.4, 0.5) is 4.79 Å². The quantitative estimate of drug-likeness (QED) is 0.682. The van der Waals surface area contributed by atoms with Crippen LogP contribution in [0.25, 0.3) is 0 Å². The Bertz CT molecular complexity index is 212. The summed E-state index contributed by atoms with van der Waals surface area (Å²) in [5, 5.41) is 3.40. The lowest BCUT2D eigenvalue weighted by Crippen LogP contribution is -2.53. The number of carbonyl (C=O) groups is 1. The van der Waals surface area contributed by atoms with E-state index in [1.807, 2.05) is 4.90 Å². The van der Waals surface area contributed by atoms with Gasteiger partial charge in [0.1, 0.15) is 0 Å². The Kier molecular flexibility index (Phi) is 2.91. The second-order valence-corrected chi connectivity index (χ2v) is 4.20. The zero-order chi connectivity index (χ0) is 9.97. The molecule has 1 amide bonds. The van der Waals surface area contributed by atoms with Crippen LogP contribution in [0, 0.1) is 0 Å². The van der Waals surface area contributed by atoms with Gasteiger partial charge in [0.2, 0.25) is 0 Å². The van der Waals surface area contributed by atoms with E-state index in [0.29, 0.717) is 18.7 Å². The standard InChI is InChI=1S/C10H18N2O2/c1-8-3-4-9(7-11-8)12-5-2-6-14-10(12)13/h8-9,11H,2-7H2,1H3. The van der Waals surface area contributed by atoms with Crippen molar-refractivity contribution in [1.82, 2.24) is 10.2 Å². The van der Waals surface area contributed by atoms with E-state index < -0.39 is 0 Å². The first-order chi connectivity index (χ1) is 6.77. The van der Waals surface area contributed by atoms with Crippen molar-refractivity contribution in [2.24, 2.45) is 0 Å². The molecule has 2 atom stereocenters. The van der Waals surface area contributed by atoms with Gasteiger partial charge in [-0.2, -0.15) is 0 Å². The predicted octanol–water partition coefficient (Wildman–Crippen LogP) is 0.969. The molecule has 0 aromatic carbocycles. The number of piperidine rings is 1. The Hall–Kier alpha value is -0.770. The molecule has 2 unspecified atom stereocenters. The lowest BCUT2D eigenvalue weighted by atomic mass is 10.0. The SMILES string of the molecule is CC1CCC(N2CCCOC2=O)CN1. The summed E-state index contributed by atoms with van der Waals surface area (Å²) in [4.78, 5) is 13.3. The van der Waals surface area contributed by atoms with E-state index in [-0.39, 0.29) is 6.09 Å². The minimum atomic E-state index is -0.127. The summed E-state index contributed by atoms with van der Waals surface area (Å²) >= 11 is 0. The van der Waals surface area contributed by atoms with Crippen LogP contribution in [-0.2, 0) is 4.74 Å². The highest BCUT2D eigenvalue weighted by Gasteiger charge is 2.29. The van der Waals surface area contributed by atoms with Crippen LogP contribution in [-0.4, -0.2) is 42.8 Å². The van der Waals surface area contributed by atoms with Crippen molar-refractivity contribution in [1.29, 1.82) is 0 Å². The smallest absolute Gasteiger partial charge is 0.410 e. The maximum Gasteiger partial charge on any atom is 0.410 e. The van der Waals surface area contributed by atoms with Gasteiger partial charge in [0.25, 0.3) is 0 Å². The number of carbonyl (C=O) groups excluding carboxylic acids is 1. The van der Waals surface area contributed by atoms with Crippen LogP contribution in [0.5, 0.6) is 0 Å². The number of hydrogen-bond acceptors (Lipinski definition) is 3. The number of hydrogen-bond donors (Lipinski definition) is 1. The molecule has 0 aromatic rings. The van der Waals surface area contributed by atoms with Gasteiger partial charge in [-0.05, 0) is 26.2 Å². The van der Waals surface area contributed by atoms with Crippen molar-refractivity contribution in [3.63, 3.8) is 0 Å². The van der Waals surface area contributed by atoms with Gasteiger partial charge in [-0.3, -0.25) is 0 Å². The number of nitrogens with zero attached hydrogens (tertiary/aromatic N) is 1. The van der Waals surface area contributed by atoms with Crippen LogP contribution in [0.15, 0.2) is 0 Å². The fourth-order valence-corrected chi connectivity index (χ4v) is 2.15. The topological polar surface area (TPSA) is 41.6 Å². The van der Waals surface area contributed by atoms with Gasteiger partial charge in [0, 0.05) is 25.2 Å². The number of cyclic esters (lactones) is 1. The monoisotopic (exact) mass is 198 g/mol. The minimum Gasteiger partial charge on any atom is -0.449 e. The van der Waals surface area contributed by atoms with Gasteiger partial charge in [-0.1, -0.05) is 0 Å². The molecule has 0 spiro atoms. The molecule has 0 aromatic heterocycles. The van der Waals surface area contributed by atoms with Crippen molar-refractivity contribution in [3.05, 3.63) is 0 Å². The molecule has 2 saturated heterocycles. The lowest BCUT2D eigenvalue weighted by Gasteiger charge is -2.37. The highest BCUT2D eigenvalue weighted by atomic mass is 16.6. The number of nitrogens with one attached hydrogen (secondary N) is 1. The first-order valence-corrected chi connectivity index (χ1v) is 5.44. The molecule has 2 aliphatic rings. The average molecular weight is 198 g/mol. The van der Waals surface area contributed by atoms with Crippen molar-refractivity contribution < 1.29 is 9.53 Å². The fourth-order valence-electron chi connectivity index (χ4n) is 2.15. The molecule has 2 aliphatic heterocycles. The van der Waals surface area contributed by atoms with Crippen LogP contribution >= 0.6 is 0 Å². The molecule has 0 aliphatic carbocycles. The van der Waals surface area contributed by atoms with Gasteiger partial charge in [0.05, 0.1) is 6.61 Å². The molecule has 14 heavy (non-hydrogen) atoms. The van der Waals surface area contributed by atoms with Crippen molar-refractivity contribution in [3.8, 4) is 0 Å². The Labute approximate surface area is 84.6 Å². The summed E-state index contributed by atoms with van der Waals surface area (Å²) in [6.07, 6.45) is 3.09. The normalized spacial score (nSPS) is 34.1. The molecule has 4 heteroatoms. The Morgan fingerprint density at radius 1 is 1.50 bits per heavy atom. The molecular formula is C10H18N2O2.